The number of piperidine rings is 1. The smallest absolute Gasteiger partial charge is 0.475 e. The van der Waals surface area contributed by atoms with E-state index in [-0.39, 0.29) is 0 Å². The Bertz CT molecular complexity index is 2000. The van der Waals surface area contributed by atoms with Gasteiger partial charge in [-0.15, -0.1) is 10.2 Å². The molecule has 0 spiro atoms. The molecular formula is C33H29F3N10O2S. The fraction of sp³-hybridized carbons (Fsp3) is 0.212. The number of halogens is 3. The molecule has 4 N–H and O–H groups in total. The summed E-state index contributed by atoms with van der Waals surface area (Å²) >= 11 is 1.28. The van der Waals surface area contributed by atoms with E-state index >= 15 is 0 Å². The molecule has 0 radical (unpaired) electrons. The van der Waals surface area contributed by atoms with Gasteiger partial charge in [-0.1, -0.05) is 72.0 Å². The first-order chi connectivity index (χ1) is 23.6. The molecule has 0 aliphatic carbocycles. The number of carbonyl (C=O) groups is 1. The van der Waals surface area contributed by atoms with Crippen molar-refractivity contribution < 1.29 is 23.1 Å². The topological polar surface area (TPSA) is 173 Å². The Balaban J connectivity index is 0.000000540. The molecule has 1 aliphatic rings. The lowest BCUT2D eigenvalue weighted by atomic mass is 9.95. The number of aromatic nitrogens is 8. The van der Waals surface area contributed by atoms with Gasteiger partial charge in [0.05, 0.1) is 5.69 Å². The van der Waals surface area contributed by atoms with Crippen LogP contribution in [0.5, 0.6) is 0 Å². The lowest BCUT2D eigenvalue weighted by molar-refractivity contribution is -0.192. The highest BCUT2D eigenvalue weighted by molar-refractivity contribution is 7.18. The molecule has 2 aromatic carbocycles. The number of alkyl halides is 3. The number of nitrogens with one attached hydrogen (secondary N) is 1. The van der Waals surface area contributed by atoms with Crippen LogP contribution in [0.4, 0.5) is 18.3 Å². The number of H-pyrrole nitrogens is 1. The number of nitrogens with zero attached hydrogens (tertiary/aromatic N) is 8. The lowest BCUT2D eigenvalue weighted by Crippen LogP contribution is -2.32. The fourth-order valence-corrected chi connectivity index (χ4v) is 5.87. The zero-order chi connectivity index (χ0) is 34.4. The predicted molar refractivity (Wildman–Crippen MR) is 177 cm³/mol. The molecule has 250 valence electrons. The Kier molecular flexibility index (Phi) is 9.96. The average Bonchev–Trinajstić information content (AvgIpc) is 3.79. The first-order valence-corrected chi connectivity index (χ1v) is 15.9. The first-order valence-electron chi connectivity index (χ1n) is 15.1. The van der Waals surface area contributed by atoms with Crippen LogP contribution in [0.1, 0.15) is 30.1 Å². The number of pyridine rings is 1. The monoisotopic (exact) mass is 686 g/mol. The number of hydrogen-bond acceptors (Lipinski definition) is 11. The van der Waals surface area contributed by atoms with Gasteiger partial charge in [0, 0.05) is 36.0 Å². The van der Waals surface area contributed by atoms with Gasteiger partial charge in [0.1, 0.15) is 11.5 Å². The highest BCUT2D eigenvalue weighted by Gasteiger charge is 2.38. The van der Waals surface area contributed by atoms with Gasteiger partial charge >= 0.3 is 12.1 Å². The van der Waals surface area contributed by atoms with Crippen molar-refractivity contribution in [2.45, 2.75) is 31.5 Å². The maximum Gasteiger partial charge on any atom is 0.490 e. The molecule has 0 atom stereocenters. The van der Waals surface area contributed by atoms with Crippen LogP contribution in [0.25, 0.3) is 44.7 Å². The molecule has 0 saturated carbocycles. The van der Waals surface area contributed by atoms with E-state index in [4.69, 9.17) is 25.6 Å². The summed E-state index contributed by atoms with van der Waals surface area (Å²) in [5.41, 5.74) is 11.8. The molecule has 0 amide bonds. The van der Waals surface area contributed by atoms with Crippen LogP contribution in [0.2, 0.25) is 0 Å². The van der Waals surface area contributed by atoms with E-state index in [9.17, 15) is 13.2 Å². The summed E-state index contributed by atoms with van der Waals surface area (Å²) in [5.74, 6) is -0.251. The summed E-state index contributed by atoms with van der Waals surface area (Å²) in [4.78, 5) is 30.0. The SMILES string of the molecule is Nc1nnc(-c2ncc(-c3ccccc3)c(-c3ccc(CN4CCC(c5nc(-c6ccccn6)n[nH]5)CC4)cc3)n2)s1.O=C(O)C(F)(F)F. The van der Waals surface area contributed by atoms with Gasteiger partial charge in [-0.05, 0) is 49.2 Å². The Morgan fingerprint density at radius 2 is 1.63 bits per heavy atom. The van der Waals surface area contributed by atoms with E-state index in [0.717, 1.165) is 66.4 Å². The van der Waals surface area contributed by atoms with Crippen LogP contribution in [0.15, 0.2) is 85.2 Å². The quantitative estimate of drug-likeness (QED) is 0.177. The zero-order valence-corrected chi connectivity index (χ0v) is 26.6. The molecule has 1 fully saturated rings. The van der Waals surface area contributed by atoms with Crippen molar-refractivity contribution in [1.82, 2.24) is 45.2 Å². The van der Waals surface area contributed by atoms with Crippen molar-refractivity contribution in [3.63, 3.8) is 0 Å². The molecule has 16 heteroatoms. The number of nitrogens with two attached hydrogens (primary N) is 1. The van der Waals surface area contributed by atoms with Gasteiger partial charge in [0.15, 0.2) is 16.7 Å². The van der Waals surface area contributed by atoms with Gasteiger partial charge in [0.2, 0.25) is 5.13 Å². The third kappa shape index (κ3) is 8.28. The Morgan fingerprint density at radius 3 is 2.27 bits per heavy atom. The number of benzene rings is 2. The van der Waals surface area contributed by atoms with Gasteiger partial charge in [-0.25, -0.2) is 19.7 Å². The minimum absolute atomic E-state index is 0.375. The van der Waals surface area contributed by atoms with Crippen LogP contribution in [0.3, 0.4) is 0 Å². The third-order valence-corrected chi connectivity index (χ3v) is 8.50. The number of anilines is 1. The van der Waals surface area contributed by atoms with E-state index < -0.39 is 12.1 Å². The summed E-state index contributed by atoms with van der Waals surface area (Å²) in [7, 11) is 0. The number of aliphatic carboxylic acids is 1. The van der Waals surface area contributed by atoms with Crippen molar-refractivity contribution in [2.75, 3.05) is 18.8 Å². The first kappa shape index (κ1) is 33.3. The van der Waals surface area contributed by atoms with Crippen LogP contribution in [-0.4, -0.2) is 75.6 Å². The fourth-order valence-electron chi connectivity index (χ4n) is 5.32. The highest BCUT2D eigenvalue weighted by atomic mass is 32.1. The normalized spacial score (nSPS) is 13.9. The van der Waals surface area contributed by atoms with Crippen LogP contribution < -0.4 is 5.73 Å². The van der Waals surface area contributed by atoms with Crippen molar-refractivity contribution in [3.05, 3.63) is 96.6 Å². The Morgan fingerprint density at radius 1 is 0.918 bits per heavy atom. The molecule has 0 unspecified atom stereocenters. The minimum Gasteiger partial charge on any atom is -0.475 e. The maximum atomic E-state index is 10.6. The van der Waals surface area contributed by atoms with Gasteiger partial charge in [0.25, 0.3) is 0 Å². The van der Waals surface area contributed by atoms with E-state index in [1.165, 1.54) is 16.9 Å². The molecule has 0 bridgehead atoms. The maximum absolute atomic E-state index is 10.6. The van der Waals surface area contributed by atoms with E-state index in [0.29, 0.717) is 27.7 Å². The van der Waals surface area contributed by atoms with Crippen molar-refractivity contribution >= 4 is 22.4 Å². The van der Waals surface area contributed by atoms with Crippen molar-refractivity contribution in [3.8, 4) is 44.7 Å². The standard InChI is InChI=1S/C31H28N10S.C2HF3O2/c32-31-40-39-30(42-31)29-34-18-24(21-6-2-1-3-7-21)26(35-29)22-11-9-20(10-12-22)19-41-16-13-23(14-17-41)27-36-28(38-37-27)25-8-4-5-15-33-25;3-2(4,5)1(6)7/h1-12,15,18,23H,13-14,16-17,19H2,(H2,32,40)(H,36,37,38);(H,6,7). The summed E-state index contributed by atoms with van der Waals surface area (Å²) in [6, 6.07) is 24.6. The number of rotatable bonds is 7. The van der Waals surface area contributed by atoms with Gasteiger partial charge < -0.3 is 10.8 Å². The number of aromatic amines is 1. The molecule has 4 aromatic heterocycles. The number of carboxylic acid groups (broad SMARTS) is 1. The lowest BCUT2D eigenvalue weighted by Gasteiger charge is -2.31. The van der Waals surface area contributed by atoms with Crippen LogP contribution in [0, 0.1) is 0 Å². The predicted octanol–water partition coefficient (Wildman–Crippen LogP) is 6.10. The minimum atomic E-state index is -5.08. The molecular weight excluding hydrogens is 657 g/mol. The summed E-state index contributed by atoms with van der Waals surface area (Å²) in [6.45, 7) is 2.90. The molecule has 12 nitrogen and oxygen atoms in total. The number of carboxylic acids is 1. The summed E-state index contributed by atoms with van der Waals surface area (Å²) in [5, 5.41) is 23.7. The van der Waals surface area contributed by atoms with E-state index in [1.807, 2.05) is 42.6 Å². The second kappa shape index (κ2) is 14.7. The highest BCUT2D eigenvalue weighted by Crippen LogP contribution is 2.33. The number of nitrogen functional groups attached to an aromatic ring is 1. The molecule has 1 aliphatic heterocycles. The van der Waals surface area contributed by atoms with Gasteiger partial charge in [-0.3, -0.25) is 15.0 Å². The molecule has 5 heterocycles. The Labute approximate surface area is 282 Å². The Hall–Kier alpha value is -5.61. The number of hydrogen-bond donors (Lipinski definition) is 3. The van der Waals surface area contributed by atoms with E-state index in [1.54, 1.807) is 6.20 Å². The largest absolute Gasteiger partial charge is 0.490 e. The van der Waals surface area contributed by atoms with Gasteiger partial charge in [-0.2, -0.15) is 18.3 Å². The van der Waals surface area contributed by atoms with Crippen molar-refractivity contribution in [2.24, 2.45) is 0 Å². The third-order valence-electron chi connectivity index (χ3n) is 7.75. The molecule has 49 heavy (non-hydrogen) atoms. The second-order valence-electron chi connectivity index (χ2n) is 11.1. The molecule has 6 aromatic rings. The van der Waals surface area contributed by atoms with E-state index in [2.05, 4.69) is 71.7 Å². The molecule has 7 rings (SSSR count). The zero-order valence-electron chi connectivity index (χ0n) is 25.7. The van der Waals surface area contributed by atoms with Crippen molar-refractivity contribution in [1.29, 1.82) is 0 Å². The van der Waals surface area contributed by atoms with Crippen LogP contribution in [-0.2, 0) is 11.3 Å². The summed E-state index contributed by atoms with van der Waals surface area (Å²) < 4.78 is 31.7. The number of likely N-dealkylation sites (tertiary alicyclic amines) is 1. The van der Waals surface area contributed by atoms with Crippen LogP contribution >= 0.6 is 11.3 Å². The average molecular weight is 687 g/mol. The summed E-state index contributed by atoms with van der Waals surface area (Å²) in [6.07, 6.45) is 0.612. The molecule has 1 saturated heterocycles. The second-order valence-corrected chi connectivity index (χ2v) is 12.1.